The number of rotatable bonds is 6. The van der Waals surface area contributed by atoms with Crippen molar-refractivity contribution in [2.24, 2.45) is 5.92 Å². The molecule has 2 aliphatic heterocycles. The zero-order valence-corrected chi connectivity index (χ0v) is 21.1. The number of carbonyl (C=O) groups is 2. The average molecular weight is 530 g/mol. The van der Waals surface area contributed by atoms with Crippen molar-refractivity contribution < 1.29 is 28.9 Å². The minimum absolute atomic E-state index is 0.0952. The fourth-order valence-electron chi connectivity index (χ4n) is 4.50. The van der Waals surface area contributed by atoms with Gasteiger partial charge in [0.2, 0.25) is 5.78 Å². The van der Waals surface area contributed by atoms with E-state index in [1.54, 1.807) is 26.2 Å². The van der Waals surface area contributed by atoms with Crippen molar-refractivity contribution in [1.29, 1.82) is 0 Å². The van der Waals surface area contributed by atoms with Crippen LogP contribution in [0.4, 0.5) is 0 Å². The van der Waals surface area contributed by atoms with E-state index in [0.29, 0.717) is 72.8 Å². The van der Waals surface area contributed by atoms with E-state index >= 15 is 0 Å². The number of benzene rings is 2. The van der Waals surface area contributed by atoms with E-state index in [4.69, 9.17) is 14.2 Å². The molecule has 34 heavy (non-hydrogen) atoms. The molecule has 2 aromatic carbocycles. The van der Waals surface area contributed by atoms with E-state index in [2.05, 4.69) is 20.8 Å². The molecule has 0 amide bonds. The first-order chi connectivity index (χ1) is 16.3. The van der Waals surface area contributed by atoms with Gasteiger partial charge in [0.1, 0.15) is 17.2 Å². The third-order valence-electron chi connectivity index (χ3n) is 6.29. The molecule has 180 valence electrons. The summed E-state index contributed by atoms with van der Waals surface area (Å²) in [5, 5.41) is 10.7. The zero-order valence-electron chi connectivity index (χ0n) is 19.5. The lowest BCUT2D eigenvalue weighted by molar-refractivity contribution is -0.149. The van der Waals surface area contributed by atoms with Crippen molar-refractivity contribution in [2.75, 3.05) is 26.8 Å². The zero-order chi connectivity index (χ0) is 24.4. The molecular weight excluding hydrogens is 502 g/mol. The van der Waals surface area contributed by atoms with Gasteiger partial charge in [0, 0.05) is 16.6 Å². The molecule has 0 radical (unpaired) electrons. The van der Waals surface area contributed by atoms with Gasteiger partial charge in [-0.05, 0) is 75.7 Å². The van der Waals surface area contributed by atoms with E-state index < -0.39 is 0 Å². The third kappa shape index (κ3) is 4.83. The Labute approximate surface area is 207 Å². The lowest BCUT2D eigenvalue weighted by Crippen LogP contribution is -2.36. The first-order valence-electron chi connectivity index (χ1n) is 11.3. The first kappa shape index (κ1) is 24.3. The Bertz CT molecular complexity index is 1150. The molecule has 0 atom stereocenters. The highest BCUT2D eigenvalue weighted by molar-refractivity contribution is 9.10. The number of phenolic OH excluding ortho intramolecular Hbond substituents is 1. The molecule has 2 heterocycles. The predicted octanol–water partition coefficient (Wildman–Crippen LogP) is 4.86. The number of halogens is 1. The van der Waals surface area contributed by atoms with Crippen LogP contribution in [0.25, 0.3) is 6.08 Å². The molecule has 1 saturated heterocycles. The van der Waals surface area contributed by atoms with Crippen LogP contribution in [0, 0.1) is 12.8 Å². The van der Waals surface area contributed by atoms with Gasteiger partial charge >= 0.3 is 5.97 Å². The van der Waals surface area contributed by atoms with Gasteiger partial charge in [0.15, 0.2) is 5.76 Å². The Morgan fingerprint density at radius 3 is 2.71 bits per heavy atom. The first-order valence-corrected chi connectivity index (χ1v) is 12.1. The predicted molar refractivity (Wildman–Crippen MR) is 131 cm³/mol. The second-order valence-corrected chi connectivity index (χ2v) is 9.44. The number of aromatic hydroxyl groups is 1. The monoisotopic (exact) mass is 529 g/mol. The van der Waals surface area contributed by atoms with Crippen molar-refractivity contribution in [3.63, 3.8) is 0 Å². The maximum atomic E-state index is 13.2. The SMILES string of the molecule is CCOC(=O)C1CCN(Cc2c(O)cc(C)c3c2O/C(=C/c2cc(Br)ccc2OC)C3=O)CC1. The number of nitrogens with zero attached hydrogens (tertiary/aromatic N) is 1. The van der Waals surface area contributed by atoms with E-state index in [0.717, 1.165) is 4.47 Å². The highest BCUT2D eigenvalue weighted by Gasteiger charge is 2.35. The number of allylic oxidation sites excluding steroid dienone is 1. The number of ketones is 1. The lowest BCUT2D eigenvalue weighted by Gasteiger charge is -2.31. The van der Waals surface area contributed by atoms with Crippen molar-refractivity contribution in [3.8, 4) is 17.2 Å². The Morgan fingerprint density at radius 2 is 2.03 bits per heavy atom. The van der Waals surface area contributed by atoms with Gasteiger partial charge in [-0.2, -0.15) is 0 Å². The van der Waals surface area contributed by atoms with E-state index in [9.17, 15) is 14.7 Å². The normalized spacial score (nSPS) is 17.5. The standard InChI is InChI=1S/C26H28BrNO6/c1-4-33-26(31)16-7-9-28(10-8-16)14-19-20(29)11-15(2)23-24(30)22(34-25(19)23)13-17-12-18(27)5-6-21(17)32-3/h5-6,11-13,16,29H,4,7-10,14H2,1-3H3/b22-13+. The molecule has 2 aliphatic rings. The van der Waals surface area contributed by atoms with Crippen LogP contribution in [0.3, 0.4) is 0 Å². The summed E-state index contributed by atoms with van der Waals surface area (Å²) in [6, 6.07) is 7.14. The summed E-state index contributed by atoms with van der Waals surface area (Å²) in [6.07, 6.45) is 3.06. The lowest BCUT2D eigenvalue weighted by atomic mass is 9.95. The van der Waals surface area contributed by atoms with Crippen molar-refractivity contribution in [3.05, 3.63) is 56.8 Å². The molecule has 7 nitrogen and oxygen atoms in total. The summed E-state index contributed by atoms with van der Waals surface area (Å²) in [4.78, 5) is 27.4. The summed E-state index contributed by atoms with van der Waals surface area (Å²) >= 11 is 3.45. The number of esters is 1. The number of Topliss-reactive ketones (excluding diaryl/α,β-unsaturated/α-hetero) is 1. The summed E-state index contributed by atoms with van der Waals surface area (Å²) in [5.41, 5.74) is 2.41. The number of ether oxygens (including phenoxy) is 3. The summed E-state index contributed by atoms with van der Waals surface area (Å²) < 4.78 is 17.5. The van der Waals surface area contributed by atoms with Gasteiger partial charge in [0.05, 0.1) is 30.8 Å². The molecular formula is C26H28BrNO6. The fourth-order valence-corrected chi connectivity index (χ4v) is 4.88. The molecule has 4 rings (SSSR count). The highest BCUT2D eigenvalue weighted by Crippen LogP contribution is 2.43. The van der Waals surface area contributed by atoms with Gasteiger partial charge in [-0.1, -0.05) is 15.9 Å². The average Bonchev–Trinajstić information content (AvgIpc) is 3.13. The van der Waals surface area contributed by atoms with Crippen LogP contribution in [-0.2, 0) is 16.1 Å². The van der Waals surface area contributed by atoms with Crippen LogP contribution in [0.15, 0.2) is 34.5 Å². The summed E-state index contributed by atoms with van der Waals surface area (Å²) in [6.45, 7) is 5.79. The number of piperidine rings is 1. The molecule has 1 N–H and O–H groups in total. The van der Waals surface area contributed by atoms with Crippen LogP contribution in [0.2, 0.25) is 0 Å². The number of phenols is 1. The van der Waals surface area contributed by atoms with E-state index in [1.807, 2.05) is 25.1 Å². The maximum Gasteiger partial charge on any atom is 0.309 e. The molecule has 1 fully saturated rings. The Balaban J connectivity index is 1.59. The number of methoxy groups -OCH3 is 1. The molecule has 0 bridgehead atoms. The van der Waals surface area contributed by atoms with Crippen LogP contribution >= 0.6 is 15.9 Å². The second-order valence-electron chi connectivity index (χ2n) is 8.52. The second kappa shape index (κ2) is 10.2. The minimum Gasteiger partial charge on any atom is -0.507 e. The molecule has 0 unspecified atom stereocenters. The quantitative estimate of drug-likeness (QED) is 0.422. The summed E-state index contributed by atoms with van der Waals surface area (Å²) in [7, 11) is 1.57. The molecule has 0 aliphatic carbocycles. The fraction of sp³-hybridized carbons (Fsp3) is 0.385. The summed E-state index contributed by atoms with van der Waals surface area (Å²) in [5.74, 6) is 0.827. The number of fused-ring (bicyclic) bond motifs is 1. The van der Waals surface area contributed by atoms with Crippen LogP contribution in [0.5, 0.6) is 17.2 Å². The third-order valence-corrected chi connectivity index (χ3v) is 6.78. The van der Waals surface area contributed by atoms with Gasteiger partial charge < -0.3 is 19.3 Å². The van der Waals surface area contributed by atoms with Crippen molar-refractivity contribution >= 4 is 33.8 Å². The Morgan fingerprint density at radius 1 is 1.29 bits per heavy atom. The molecule has 2 aromatic rings. The smallest absolute Gasteiger partial charge is 0.309 e. The van der Waals surface area contributed by atoms with E-state index in [-0.39, 0.29) is 29.2 Å². The Kier molecular flexibility index (Phi) is 7.28. The van der Waals surface area contributed by atoms with Crippen molar-refractivity contribution in [1.82, 2.24) is 4.90 Å². The maximum absolute atomic E-state index is 13.2. The molecule has 0 aromatic heterocycles. The molecule has 0 spiro atoms. The van der Waals surface area contributed by atoms with Crippen molar-refractivity contribution in [2.45, 2.75) is 33.2 Å². The van der Waals surface area contributed by atoms with Crippen LogP contribution < -0.4 is 9.47 Å². The van der Waals surface area contributed by atoms with Gasteiger partial charge in [-0.3, -0.25) is 14.5 Å². The van der Waals surface area contributed by atoms with Gasteiger partial charge in [-0.15, -0.1) is 0 Å². The van der Waals surface area contributed by atoms with Gasteiger partial charge in [0.25, 0.3) is 0 Å². The number of hydrogen-bond acceptors (Lipinski definition) is 7. The number of hydrogen-bond donors (Lipinski definition) is 1. The minimum atomic E-state index is -0.225. The van der Waals surface area contributed by atoms with E-state index in [1.165, 1.54) is 0 Å². The number of carbonyl (C=O) groups excluding carboxylic acids is 2. The molecule has 8 heteroatoms. The van der Waals surface area contributed by atoms with Crippen LogP contribution in [0.1, 0.15) is 46.8 Å². The molecule has 0 saturated carbocycles. The largest absolute Gasteiger partial charge is 0.507 e. The Hall–Kier alpha value is -2.84. The van der Waals surface area contributed by atoms with Gasteiger partial charge in [-0.25, -0.2) is 0 Å². The number of aryl methyl sites for hydroxylation is 1. The highest BCUT2D eigenvalue weighted by atomic mass is 79.9. The number of likely N-dealkylation sites (tertiary alicyclic amines) is 1. The van der Waals surface area contributed by atoms with Crippen LogP contribution in [-0.4, -0.2) is 48.6 Å². The topological polar surface area (TPSA) is 85.3 Å².